The molecule has 0 bridgehead atoms. The van der Waals surface area contributed by atoms with Gasteiger partial charge in [-0.2, -0.15) is 8.42 Å². The van der Waals surface area contributed by atoms with E-state index in [1.54, 1.807) is 0 Å². The third-order valence-electron chi connectivity index (χ3n) is 2.37. The Hall–Kier alpha value is -0.130. The lowest BCUT2D eigenvalue weighted by atomic mass is 10.1. The zero-order valence-electron chi connectivity index (χ0n) is 7.36. The molecule has 0 aliphatic carbocycles. The van der Waals surface area contributed by atoms with Gasteiger partial charge in [0.2, 0.25) is 5.88 Å². The highest BCUT2D eigenvalue weighted by atomic mass is 32.2. The maximum Gasteiger partial charge on any atom is 0.316 e. The largest absolute Gasteiger partial charge is 0.316 e. The predicted octanol–water partition coefficient (Wildman–Crippen LogP) is 0.462. The van der Waals surface area contributed by atoms with Gasteiger partial charge in [0.05, 0.1) is 20.1 Å². The summed E-state index contributed by atoms with van der Waals surface area (Å²) < 4.78 is 30.5. The fourth-order valence-electron chi connectivity index (χ4n) is 1.80. The van der Waals surface area contributed by atoms with Crippen molar-refractivity contribution in [1.82, 2.24) is 0 Å². The second-order valence-corrected chi connectivity index (χ2v) is 5.26. The van der Waals surface area contributed by atoms with Crippen molar-refractivity contribution in [2.75, 3.05) is 26.0 Å². The van der Waals surface area contributed by atoms with E-state index >= 15 is 0 Å². The van der Waals surface area contributed by atoms with Gasteiger partial charge in [0, 0.05) is 0 Å². The highest BCUT2D eigenvalue weighted by Crippen LogP contribution is 2.16. The summed E-state index contributed by atoms with van der Waals surface area (Å²) >= 11 is 0. The normalized spacial score (nSPS) is 23.8. The third-order valence-corrected chi connectivity index (χ3v) is 3.32. The first-order chi connectivity index (χ1) is 5.41. The summed E-state index contributed by atoms with van der Waals surface area (Å²) in [5.74, 6) is -0.132. The van der Waals surface area contributed by atoms with E-state index < -0.39 is 10.1 Å². The first kappa shape index (κ1) is 9.95. The summed E-state index contributed by atoms with van der Waals surface area (Å²) in [6.07, 6.45) is 3.30. The van der Waals surface area contributed by atoms with Gasteiger partial charge in [0.1, 0.15) is 0 Å². The van der Waals surface area contributed by atoms with Crippen LogP contribution in [0.2, 0.25) is 0 Å². The maximum absolute atomic E-state index is 10.6. The number of rotatable bonds is 2. The third kappa shape index (κ3) is 3.08. The van der Waals surface area contributed by atoms with E-state index in [0.29, 0.717) is 4.48 Å². The van der Waals surface area contributed by atoms with Gasteiger partial charge in [-0.1, -0.05) is 0 Å². The molecule has 1 rings (SSSR count). The summed E-state index contributed by atoms with van der Waals surface area (Å²) in [5, 5.41) is 0. The van der Waals surface area contributed by atoms with Gasteiger partial charge >= 0.3 is 10.1 Å². The van der Waals surface area contributed by atoms with Crippen molar-refractivity contribution in [2.45, 2.75) is 19.3 Å². The highest BCUT2D eigenvalue weighted by molar-refractivity contribution is 7.85. The summed E-state index contributed by atoms with van der Waals surface area (Å²) in [6.45, 7) is 1.72. The van der Waals surface area contributed by atoms with E-state index in [9.17, 15) is 8.42 Å². The lowest BCUT2D eigenvalue weighted by molar-refractivity contribution is -0.902. The molecule has 1 aliphatic rings. The molecule has 0 unspecified atom stereocenters. The minimum Gasteiger partial charge on any atom is -0.311 e. The quantitative estimate of drug-likeness (QED) is 0.513. The topological polar surface area (TPSA) is 54.4 Å². The number of hydrogen-bond acceptors (Lipinski definition) is 2. The summed E-state index contributed by atoms with van der Waals surface area (Å²) in [7, 11) is -1.93. The Morgan fingerprint density at radius 1 is 1.25 bits per heavy atom. The van der Waals surface area contributed by atoms with Crippen molar-refractivity contribution < 1.29 is 17.5 Å². The van der Waals surface area contributed by atoms with Gasteiger partial charge in [-0.25, -0.2) is 0 Å². The van der Waals surface area contributed by atoms with Crippen LogP contribution in [0.3, 0.4) is 0 Å². The van der Waals surface area contributed by atoms with Crippen LogP contribution in [0.25, 0.3) is 0 Å². The predicted molar refractivity (Wildman–Crippen MR) is 46.2 cm³/mol. The van der Waals surface area contributed by atoms with Gasteiger partial charge in [-0.3, -0.25) is 4.55 Å². The van der Waals surface area contributed by atoms with Crippen molar-refractivity contribution in [1.29, 1.82) is 0 Å². The molecule has 0 amide bonds. The SMILES string of the molecule is C[N+]1(CS(=O)(=O)O)CCCCC1. The molecular weight excluding hydrogens is 178 g/mol. The molecular formula is C7H16NO3S+. The van der Waals surface area contributed by atoms with Gasteiger partial charge in [-0.15, -0.1) is 0 Å². The van der Waals surface area contributed by atoms with Gasteiger partial charge in [0.15, 0.2) is 0 Å². The molecule has 0 atom stereocenters. The Labute approximate surface area is 73.5 Å². The molecule has 0 aromatic rings. The molecule has 12 heavy (non-hydrogen) atoms. The molecule has 72 valence electrons. The van der Waals surface area contributed by atoms with E-state index in [1.807, 2.05) is 7.05 Å². The first-order valence-electron chi connectivity index (χ1n) is 4.20. The minimum atomic E-state index is -3.81. The minimum absolute atomic E-state index is 0.132. The van der Waals surface area contributed by atoms with Gasteiger partial charge in [0.25, 0.3) is 0 Å². The van der Waals surface area contributed by atoms with Gasteiger partial charge in [-0.05, 0) is 19.3 Å². The maximum atomic E-state index is 10.6. The van der Waals surface area contributed by atoms with E-state index in [1.165, 1.54) is 6.42 Å². The second-order valence-electron chi connectivity index (χ2n) is 3.84. The Kier molecular flexibility index (Phi) is 2.75. The Morgan fingerprint density at radius 3 is 2.17 bits per heavy atom. The van der Waals surface area contributed by atoms with Crippen LogP contribution in [0.15, 0.2) is 0 Å². The molecule has 1 heterocycles. The van der Waals surface area contributed by atoms with Gasteiger partial charge < -0.3 is 4.48 Å². The number of quaternary nitrogens is 1. The van der Waals surface area contributed by atoms with Crippen LogP contribution in [0, 0.1) is 0 Å². The monoisotopic (exact) mass is 194 g/mol. The molecule has 0 spiro atoms. The average Bonchev–Trinajstić information content (AvgIpc) is 1.83. The Morgan fingerprint density at radius 2 is 1.75 bits per heavy atom. The molecule has 1 aliphatic heterocycles. The lowest BCUT2D eigenvalue weighted by Crippen LogP contribution is -2.50. The lowest BCUT2D eigenvalue weighted by Gasteiger charge is -2.36. The molecule has 1 saturated heterocycles. The Balaban J connectivity index is 2.59. The van der Waals surface area contributed by atoms with E-state index in [2.05, 4.69) is 0 Å². The molecule has 1 N–H and O–H groups in total. The van der Waals surface area contributed by atoms with E-state index in [0.717, 1.165) is 25.9 Å². The van der Waals surface area contributed by atoms with E-state index in [-0.39, 0.29) is 5.88 Å². The standard InChI is InChI=1S/C7H15NO3S/c1-8(7-12(9,10)11)5-3-2-4-6-8/h2-7H2,1H3/p+1. The molecule has 4 nitrogen and oxygen atoms in total. The Bertz CT molecular complexity index is 241. The fourth-order valence-corrected chi connectivity index (χ4v) is 2.84. The molecule has 0 saturated carbocycles. The number of nitrogens with zero attached hydrogens (tertiary/aromatic N) is 1. The van der Waals surface area contributed by atoms with Crippen molar-refractivity contribution in [3.63, 3.8) is 0 Å². The zero-order valence-corrected chi connectivity index (χ0v) is 8.18. The average molecular weight is 194 g/mol. The summed E-state index contributed by atoms with van der Waals surface area (Å²) in [5.41, 5.74) is 0. The van der Waals surface area contributed by atoms with Crippen LogP contribution in [0.5, 0.6) is 0 Å². The smallest absolute Gasteiger partial charge is 0.311 e. The van der Waals surface area contributed by atoms with E-state index in [4.69, 9.17) is 4.55 Å². The van der Waals surface area contributed by atoms with Crippen LogP contribution < -0.4 is 0 Å². The van der Waals surface area contributed by atoms with Crippen LogP contribution in [-0.4, -0.2) is 43.5 Å². The van der Waals surface area contributed by atoms with Crippen LogP contribution in [0.1, 0.15) is 19.3 Å². The number of likely N-dealkylation sites (tertiary alicyclic amines) is 1. The van der Waals surface area contributed by atoms with Crippen molar-refractivity contribution >= 4 is 10.1 Å². The van der Waals surface area contributed by atoms with Crippen LogP contribution in [-0.2, 0) is 10.1 Å². The summed E-state index contributed by atoms with van der Waals surface area (Å²) in [6, 6.07) is 0. The fraction of sp³-hybridized carbons (Fsp3) is 1.00. The zero-order chi connectivity index (χ0) is 9.24. The molecule has 0 aromatic carbocycles. The first-order valence-corrected chi connectivity index (χ1v) is 5.81. The number of hydrogen-bond donors (Lipinski definition) is 1. The highest BCUT2D eigenvalue weighted by Gasteiger charge is 2.29. The van der Waals surface area contributed by atoms with Crippen LogP contribution >= 0.6 is 0 Å². The second kappa shape index (κ2) is 3.32. The number of piperidine rings is 1. The molecule has 1 fully saturated rings. The molecule has 5 heteroatoms. The molecule has 0 radical (unpaired) electrons. The van der Waals surface area contributed by atoms with Crippen molar-refractivity contribution in [3.8, 4) is 0 Å². The van der Waals surface area contributed by atoms with Crippen molar-refractivity contribution in [3.05, 3.63) is 0 Å². The van der Waals surface area contributed by atoms with Crippen LogP contribution in [0.4, 0.5) is 0 Å². The summed E-state index contributed by atoms with van der Waals surface area (Å²) in [4.78, 5) is 0. The van der Waals surface area contributed by atoms with Crippen molar-refractivity contribution in [2.24, 2.45) is 0 Å². The molecule has 0 aromatic heterocycles.